The minimum atomic E-state index is -0.580. The normalized spacial score (nSPS) is 10.5. The van der Waals surface area contributed by atoms with Crippen LogP contribution in [0, 0.1) is 5.92 Å². The molecule has 0 aliphatic carbocycles. The zero-order valence-electron chi connectivity index (χ0n) is 14.0. The first-order valence-corrected chi connectivity index (χ1v) is 8.01. The Morgan fingerprint density at radius 1 is 1.21 bits per heavy atom. The van der Waals surface area contributed by atoms with Gasteiger partial charge in [-0.15, -0.1) is 0 Å². The van der Waals surface area contributed by atoms with Crippen LogP contribution in [-0.4, -0.2) is 30.2 Å². The van der Waals surface area contributed by atoms with Gasteiger partial charge in [-0.3, -0.25) is 10.1 Å². The summed E-state index contributed by atoms with van der Waals surface area (Å²) in [5, 5.41) is 5.44. The molecule has 0 bridgehead atoms. The second-order valence-electron chi connectivity index (χ2n) is 5.26. The molecule has 0 heterocycles. The Morgan fingerprint density at radius 2 is 1.88 bits per heavy atom. The second-order valence-corrected chi connectivity index (χ2v) is 5.67. The van der Waals surface area contributed by atoms with Gasteiger partial charge in [-0.25, -0.2) is 4.79 Å². The van der Waals surface area contributed by atoms with Crippen LogP contribution in [0.2, 0.25) is 0 Å². The fourth-order valence-corrected chi connectivity index (χ4v) is 1.77. The van der Waals surface area contributed by atoms with Crippen molar-refractivity contribution in [1.29, 1.82) is 0 Å². The van der Waals surface area contributed by atoms with E-state index in [1.54, 1.807) is 19.1 Å². The van der Waals surface area contributed by atoms with Crippen molar-refractivity contribution in [1.82, 2.24) is 5.32 Å². The predicted octanol–water partition coefficient (Wildman–Crippen LogP) is 2.65. The number of amides is 1. The maximum atomic E-state index is 11.6. The molecule has 0 atom stereocenters. The molecule has 0 aliphatic heterocycles. The van der Waals surface area contributed by atoms with Gasteiger partial charge < -0.3 is 14.8 Å². The van der Waals surface area contributed by atoms with Gasteiger partial charge in [0.15, 0.2) is 5.11 Å². The molecule has 0 radical (unpaired) electrons. The van der Waals surface area contributed by atoms with E-state index in [2.05, 4.69) is 29.2 Å². The molecular formula is C17H22N2O4S. The third kappa shape index (κ3) is 8.28. The molecule has 1 aromatic rings. The molecule has 1 aromatic carbocycles. The van der Waals surface area contributed by atoms with Gasteiger partial charge in [0.25, 0.3) is 0 Å². The van der Waals surface area contributed by atoms with Gasteiger partial charge in [0.05, 0.1) is 13.2 Å². The van der Waals surface area contributed by atoms with Gasteiger partial charge in [0.2, 0.25) is 5.91 Å². The van der Waals surface area contributed by atoms with E-state index in [1.807, 2.05) is 12.1 Å². The van der Waals surface area contributed by atoms with E-state index < -0.39 is 11.9 Å². The lowest BCUT2D eigenvalue weighted by Gasteiger charge is -2.11. The standard InChI is InChI=1S/C17H22N2O4S/c1-4-22-16(21)10-9-15(20)19-17(24)18-13-5-7-14(8-6-13)23-11-12(2)3/h5-10,12H,4,11H2,1-3H3,(H2,18,19,20,24)/b10-9+. The van der Waals surface area contributed by atoms with Crippen LogP contribution in [0.5, 0.6) is 5.75 Å². The summed E-state index contributed by atoms with van der Waals surface area (Å²) in [5.74, 6) is 0.121. The van der Waals surface area contributed by atoms with E-state index in [9.17, 15) is 9.59 Å². The van der Waals surface area contributed by atoms with Crippen molar-refractivity contribution in [3.63, 3.8) is 0 Å². The average molecular weight is 350 g/mol. The van der Waals surface area contributed by atoms with Gasteiger partial charge >= 0.3 is 5.97 Å². The first-order valence-electron chi connectivity index (χ1n) is 7.60. The largest absolute Gasteiger partial charge is 0.493 e. The van der Waals surface area contributed by atoms with Crippen molar-refractivity contribution in [2.45, 2.75) is 20.8 Å². The number of hydrogen-bond acceptors (Lipinski definition) is 5. The Kier molecular flexibility index (Phi) is 8.49. The molecule has 7 heteroatoms. The van der Waals surface area contributed by atoms with E-state index in [0.717, 1.165) is 17.9 Å². The monoisotopic (exact) mass is 350 g/mol. The highest BCUT2D eigenvalue weighted by Crippen LogP contribution is 2.16. The van der Waals surface area contributed by atoms with Crippen LogP contribution in [0.1, 0.15) is 20.8 Å². The molecule has 0 unspecified atom stereocenters. The van der Waals surface area contributed by atoms with Crippen molar-refractivity contribution in [3.05, 3.63) is 36.4 Å². The fraction of sp³-hybridized carbons (Fsp3) is 0.353. The number of esters is 1. The zero-order valence-corrected chi connectivity index (χ0v) is 14.8. The molecule has 130 valence electrons. The Morgan fingerprint density at radius 3 is 2.46 bits per heavy atom. The Bertz CT molecular complexity index is 597. The van der Waals surface area contributed by atoms with Crippen LogP contribution >= 0.6 is 12.2 Å². The number of ether oxygens (including phenoxy) is 2. The summed E-state index contributed by atoms with van der Waals surface area (Å²) in [6.45, 7) is 6.74. The molecule has 0 fully saturated rings. The number of carbonyl (C=O) groups excluding carboxylic acids is 2. The van der Waals surface area contributed by atoms with Crippen molar-refractivity contribution < 1.29 is 19.1 Å². The predicted molar refractivity (Wildman–Crippen MR) is 96.9 cm³/mol. The van der Waals surface area contributed by atoms with Crippen LogP contribution in [0.4, 0.5) is 5.69 Å². The minimum absolute atomic E-state index is 0.129. The van der Waals surface area contributed by atoms with Crippen LogP contribution in [-0.2, 0) is 14.3 Å². The molecule has 6 nitrogen and oxygen atoms in total. The summed E-state index contributed by atoms with van der Waals surface area (Å²) in [7, 11) is 0. The summed E-state index contributed by atoms with van der Waals surface area (Å²) >= 11 is 5.04. The Balaban J connectivity index is 2.44. The Labute approximate surface area is 147 Å². The number of thiocarbonyl (C=S) groups is 1. The lowest BCUT2D eigenvalue weighted by Crippen LogP contribution is -2.32. The molecule has 0 spiro atoms. The summed E-state index contributed by atoms with van der Waals surface area (Å²) in [5.41, 5.74) is 0.714. The van der Waals surface area contributed by atoms with Crippen LogP contribution < -0.4 is 15.4 Å². The lowest BCUT2D eigenvalue weighted by molar-refractivity contribution is -0.137. The van der Waals surface area contributed by atoms with Gasteiger partial charge in [-0.1, -0.05) is 13.8 Å². The molecule has 0 aliphatic rings. The number of rotatable bonds is 7. The van der Waals surface area contributed by atoms with Crippen molar-refractivity contribution >= 4 is 34.9 Å². The second kappa shape index (κ2) is 10.4. The molecular weight excluding hydrogens is 328 g/mol. The number of nitrogens with one attached hydrogen (secondary N) is 2. The molecule has 24 heavy (non-hydrogen) atoms. The first-order chi connectivity index (χ1) is 11.4. The van der Waals surface area contributed by atoms with Gasteiger partial charge in [0.1, 0.15) is 5.75 Å². The van der Waals surface area contributed by atoms with Crippen molar-refractivity contribution in [2.24, 2.45) is 5.92 Å². The van der Waals surface area contributed by atoms with Crippen molar-refractivity contribution in [3.8, 4) is 5.75 Å². The van der Waals surface area contributed by atoms with E-state index in [4.69, 9.17) is 17.0 Å². The van der Waals surface area contributed by atoms with Gasteiger partial charge in [0, 0.05) is 17.8 Å². The van der Waals surface area contributed by atoms with E-state index in [1.165, 1.54) is 0 Å². The van der Waals surface area contributed by atoms with Gasteiger partial charge in [-0.2, -0.15) is 0 Å². The maximum Gasteiger partial charge on any atom is 0.330 e. The molecule has 1 amide bonds. The molecule has 0 aromatic heterocycles. The quantitative estimate of drug-likeness (QED) is 0.447. The van der Waals surface area contributed by atoms with Crippen molar-refractivity contribution in [2.75, 3.05) is 18.5 Å². The molecule has 2 N–H and O–H groups in total. The fourth-order valence-electron chi connectivity index (χ4n) is 1.55. The zero-order chi connectivity index (χ0) is 17.9. The number of benzene rings is 1. The molecule has 1 rings (SSSR count). The highest BCUT2D eigenvalue weighted by molar-refractivity contribution is 7.80. The number of hydrogen-bond donors (Lipinski definition) is 2. The average Bonchev–Trinajstić information content (AvgIpc) is 2.52. The highest BCUT2D eigenvalue weighted by atomic mass is 32.1. The topological polar surface area (TPSA) is 76.7 Å². The van der Waals surface area contributed by atoms with Crippen LogP contribution in [0.25, 0.3) is 0 Å². The highest BCUT2D eigenvalue weighted by Gasteiger charge is 2.04. The third-order valence-corrected chi connectivity index (χ3v) is 2.79. The van der Waals surface area contributed by atoms with E-state index in [-0.39, 0.29) is 11.7 Å². The summed E-state index contributed by atoms with van der Waals surface area (Å²) in [6.07, 6.45) is 2.11. The third-order valence-electron chi connectivity index (χ3n) is 2.59. The number of anilines is 1. The maximum absolute atomic E-state index is 11.6. The van der Waals surface area contributed by atoms with Crippen LogP contribution in [0.15, 0.2) is 36.4 Å². The first kappa shape index (κ1) is 19.6. The summed E-state index contributed by atoms with van der Waals surface area (Å²) in [4.78, 5) is 22.7. The SMILES string of the molecule is CCOC(=O)/C=C/C(=O)NC(=S)Nc1ccc(OCC(C)C)cc1. The smallest absolute Gasteiger partial charge is 0.330 e. The van der Waals surface area contributed by atoms with Gasteiger partial charge in [-0.05, 0) is 49.3 Å². The molecule has 0 saturated carbocycles. The minimum Gasteiger partial charge on any atom is -0.493 e. The Hall–Kier alpha value is -2.41. The summed E-state index contributed by atoms with van der Waals surface area (Å²) < 4.78 is 10.3. The summed E-state index contributed by atoms with van der Waals surface area (Å²) in [6, 6.07) is 7.22. The lowest BCUT2D eigenvalue weighted by atomic mass is 10.2. The number of carbonyl (C=O) groups is 2. The van der Waals surface area contributed by atoms with E-state index in [0.29, 0.717) is 18.2 Å². The van der Waals surface area contributed by atoms with E-state index >= 15 is 0 Å². The molecule has 0 saturated heterocycles. The van der Waals surface area contributed by atoms with Crippen LogP contribution in [0.3, 0.4) is 0 Å².